The van der Waals surface area contributed by atoms with Gasteiger partial charge in [-0.25, -0.2) is 9.97 Å². The zero-order chi connectivity index (χ0) is 19.4. The largest absolute Gasteiger partial charge is 0.456 e. The number of likely N-dealkylation sites (tertiary alicyclic amines) is 1. The average Bonchev–Trinajstić information content (AvgIpc) is 2.86. The highest BCUT2D eigenvalue weighted by molar-refractivity contribution is 5.91. The number of furan rings is 1. The molecule has 1 atom stereocenters. The molecule has 2 aromatic rings. The van der Waals surface area contributed by atoms with Gasteiger partial charge in [-0.05, 0) is 50.9 Å². The SMILES string of the molecule is CCc1oc(C(=O)N2CCC[C@H](N(C)Cc3nccc(N)n3)CC2)cc1C. The first kappa shape index (κ1) is 19.4. The fourth-order valence-corrected chi connectivity index (χ4v) is 3.70. The van der Waals surface area contributed by atoms with Gasteiger partial charge in [0.1, 0.15) is 17.4 Å². The lowest BCUT2D eigenvalue weighted by Gasteiger charge is -2.26. The van der Waals surface area contributed by atoms with Crippen LogP contribution in [0.3, 0.4) is 0 Å². The van der Waals surface area contributed by atoms with Crippen molar-refractivity contribution in [1.29, 1.82) is 0 Å². The first-order valence-corrected chi connectivity index (χ1v) is 9.64. The van der Waals surface area contributed by atoms with E-state index in [1.807, 2.05) is 24.8 Å². The minimum Gasteiger partial charge on any atom is -0.456 e. The Hall–Kier alpha value is -2.41. The van der Waals surface area contributed by atoms with Crippen molar-refractivity contribution >= 4 is 11.7 Å². The molecule has 1 fully saturated rings. The van der Waals surface area contributed by atoms with E-state index in [0.29, 0.717) is 24.2 Å². The van der Waals surface area contributed by atoms with E-state index in [1.165, 1.54) is 0 Å². The molecule has 7 heteroatoms. The van der Waals surface area contributed by atoms with E-state index in [-0.39, 0.29) is 5.91 Å². The summed E-state index contributed by atoms with van der Waals surface area (Å²) in [6.07, 6.45) is 5.43. The van der Waals surface area contributed by atoms with Gasteiger partial charge in [-0.1, -0.05) is 6.92 Å². The summed E-state index contributed by atoms with van der Waals surface area (Å²) in [5, 5.41) is 0. The molecule has 7 nitrogen and oxygen atoms in total. The van der Waals surface area contributed by atoms with Gasteiger partial charge in [-0.2, -0.15) is 0 Å². The Kier molecular flexibility index (Phi) is 6.11. The number of nitrogen functional groups attached to an aromatic ring is 1. The van der Waals surface area contributed by atoms with Crippen LogP contribution in [-0.2, 0) is 13.0 Å². The molecule has 3 rings (SSSR count). The maximum atomic E-state index is 12.8. The van der Waals surface area contributed by atoms with E-state index < -0.39 is 0 Å². The number of carbonyl (C=O) groups is 1. The van der Waals surface area contributed by atoms with Gasteiger partial charge in [0, 0.05) is 31.7 Å². The van der Waals surface area contributed by atoms with Crippen LogP contribution in [0.2, 0.25) is 0 Å². The van der Waals surface area contributed by atoms with Gasteiger partial charge in [-0.15, -0.1) is 0 Å². The highest BCUT2D eigenvalue weighted by Gasteiger charge is 2.26. The molecule has 2 N–H and O–H groups in total. The van der Waals surface area contributed by atoms with E-state index in [2.05, 4.69) is 21.9 Å². The third kappa shape index (κ3) is 4.66. The number of rotatable bonds is 5. The van der Waals surface area contributed by atoms with Crippen molar-refractivity contribution in [2.24, 2.45) is 0 Å². The molecule has 146 valence electrons. The van der Waals surface area contributed by atoms with Crippen LogP contribution < -0.4 is 5.73 Å². The Bertz CT molecular complexity index is 788. The molecule has 0 aromatic carbocycles. The normalized spacial score (nSPS) is 17.9. The van der Waals surface area contributed by atoms with Crippen LogP contribution in [0.4, 0.5) is 5.82 Å². The summed E-state index contributed by atoms with van der Waals surface area (Å²) in [6.45, 7) is 6.17. The Balaban J connectivity index is 1.60. The van der Waals surface area contributed by atoms with Crippen LogP contribution in [0.25, 0.3) is 0 Å². The average molecular weight is 371 g/mol. The number of aromatic nitrogens is 2. The minimum atomic E-state index is 0.000249. The van der Waals surface area contributed by atoms with Crippen LogP contribution in [-0.4, -0.2) is 51.9 Å². The summed E-state index contributed by atoms with van der Waals surface area (Å²) in [6, 6.07) is 3.95. The topological polar surface area (TPSA) is 88.5 Å². The first-order valence-electron chi connectivity index (χ1n) is 9.64. The van der Waals surface area contributed by atoms with Gasteiger partial charge < -0.3 is 15.1 Å². The lowest BCUT2D eigenvalue weighted by molar-refractivity contribution is 0.0723. The molecule has 1 saturated heterocycles. The smallest absolute Gasteiger partial charge is 0.289 e. The summed E-state index contributed by atoms with van der Waals surface area (Å²) in [5.74, 6) is 2.58. The van der Waals surface area contributed by atoms with Gasteiger partial charge in [0.15, 0.2) is 5.76 Å². The lowest BCUT2D eigenvalue weighted by atomic mass is 10.1. The number of aryl methyl sites for hydroxylation is 2. The van der Waals surface area contributed by atoms with Crippen LogP contribution in [0.5, 0.6) is 0 Å². The van der Waals surface area contributed by atoms with Gasteiger partial charge in [-0.3, -0.25) is 9.69 Å². The second-order valence-corrected chi connectivity index (χ2v) is 7.26. The molecular formula is C20H29N5O2. The minimum absolute atomic E-state index is 0.000249. The Morgan fingerprint density at radius 3 is 2.93 bits per heavy atom. The third-order valence-corrected chi connectivity index (χ3v) is 5.28. The summed E-state index contributed by atoms with van der Waals surface area (Å²) < 4.78 is 5.75. The number of carbonyl (C=O) groups excluding carboxylic acids is 1. The van der Waals surface area contributed by atoms with Gasteiger partial charge >= 0.3 is 0 Å². The predicted octanol–water partition coefficient (Wildman–Crippen LogP) is 2.65. The molecule has 27 heavy (non-hydrogen) atoms. The maximum Gasteiger partial charge on any atom is 0.289 e. The quantitative estimate of drug-likeness (QED) is 0.869. The fraction of sp³-hybridized carbons (Fsp3) is 0.550. The number of nitrogens with zero attached hydrogens (tertiary/aromatic N) is 4. The number of hydrogen-bond acceptors (Lipinski definition) is 6. The molecular weight excluding hydrogens is 342 g/mol. The van der Waals surface area contributed by atoms with Crippen molar-refractivity contribution in [2.45, 2.75) is 52.1 Å². The van der Waals surface area contributed by atoms with Gasteiger partial charge in [0.2, 0.25) is 0 Å². The summed E-state index contributed by atoms with van der Waals surface area (Å²) in [4.78, 5) is 25.6. The molecule has 1 aliphatic heterocycles. The predicted molar refractivity (Wildman–Crippen MR) is 104 cm³/mol. The molecule has 1 aliphatic rings. The highest BCUT2D eigenvalue weighted by Crippen LogP contribution is 2.21. The monoisotopic (exact) mass is 371 g/mol. The second kappa shape index (κ2) is 8.52. The molecule has 0 saturated carbocycles. The van der Waals surface area contributed by atoms with Crippen LogP contribution in [0.15, 0.2) is 22.7 Å². The van der Waals surface area contributed by atoms with Crippen LogP contribution in [0, 0.1) is 6.92 Å². The van der Waals surface area contributed by atoms with Crippen molar-refractivity contribution < 1.29 is 9.21 Å². The Morgan fingerprint density at radius 2 is 2.22 bits per heavy atom. The summed E-state index contributed by atoms with van der Waals surface area (Å²) in [7, 11) is 2.08. The summed E-state index contributed by atoms with van der Waals surface area (Å²) in [5.41, 5.74) is 6.80. The zero-order valence-corrected chi connectivity index (χ0v) is 16.4. The highest BCUT2D eigenvalue weighted by atomic mass is 16.4. The Morgan fingerprint density at radius 1 is 1.41 bits per heavy atom. The maximum absolute atomic E-state index is 12.8. The van der Waals surface area contributed by atoms with Crippen molar-refractivity contribution in [1.82, 2.24) is 19.8 Å². The fourth-order valence-electron chi connectivity index (χ4n) is 3.70. The van der Waals surface area contributed by atoms with Gasteiger partial charge in [0.25, 0.3) is 5.91 Å². The van der Waals surface area contributed by atoms with E-state index in [0.717, 1.165) is 55.9 Å². The Labute approximate surface area is 160 Å². The zero-order valence-electron chi connectivity index (χ0n) is 16.4. The molecule has 2 aromatic heterocycles. The first-order chi connectivity index (χ1) is 13.0. The van der Waals surface area contributed by atoms with E-state index >= 15 is 0 Å². The number of hydrogen-bond donors (Lipinski definition) is 1. The van der Waals surface area contributed by atoms with Crippen LogP contribution in [0.1, 0.15) is 53.9 Å². The molecule has 0 radical (unpaired) electrons. The van der Waals surface area contributed by atoms with Crippen molar-refractivity contribution in [3.05, 3.63) is 41.2 Å². The molecule has 0 bridgehead atoms. The standard InChI is InChI=1S/C20H29N5O2/c1-4-16-14(2)12-17(27-16)20(26)25-10-5-6-15(8-11-25)24(3)13-19-22-9-7-18(21)23-19/h7,9,12,15H,4-6,8,10-11,13H2,1-3H3,(H2,21,22,23)/t15-/m0/s1. The molecule has 3 heterocycles. The second-order valence-electron chi connectivity index (χ2n) is 7.26. The van der Waals surface area contributed by atoms with Crippen molar-refractivity contribution in [3.63, 3.8) is 0 Å². The lowest BCUT2D eigenvalue weighted by Crippen LogP contribution is -2.35. The number of amides is 1. The van der Waals surface area contributed by atoms with Gasteiger partial charge in [0.05, 0.1) is 6.54 Å². The summed E-state index contributed by atoms with van der Waals surface area (Å²) >= 11 is 0. The molecule has 0 unspecified atom stereocenters. The van der Waals surface area contributed by atoms with E-state index in [4.69, 9.17) is 10.2 Å². The van der Waals surface area contributed by atoms with Crippen LogP contribution >= 0.6 is 0 Å². The van der Waals surface area contributed by atoms with E-state index in [1.54, 1.807) is 12.3 Å². The van der Waals surface area contributed by atoms with E-state index in [9.17, 15) is 4.79 Å². The molecule has 0 aliphatic carbocycles. The number of anilines is 1. The van der Waals surface area contributed by atoms with Crippen molar-refractivity contribution in [3.8, 4) is 0 Å². The third-order valence-electron chi connectivity index (χ3n) is 5.28. The van der Waals surface area contributed by atoms with Crippen molar-refractivity contribution in [2.75, 3.05) is 25.9 Å². The number of nitrogens with two attached hydrogens (primary N) is 1. The molecule has 0 spiro atoms. The molecule has 1 amide bonds.